The third-order valence-electron chi connectivity index (χ3n) is 2.73. The van der Waals surface area contributed by atoms with E-state index in [0.717, 1.165) is 5.56 Å². The lowest BCUT2D eigenvalue weighted by molar-refractivity contribution is -0.145. The Morgan fingerprint density at radius 3 is 2.50 bits per heavy atom. The Morgan fingerprint density at radius 2 is 2.06 bits per heavy atom. The first-order chi connectivity index (χ1) is 7.30. The number of anilines is 1. The van der Waals surface area contributed by atoms with Gasteiger partial charge >= 0.3 is 5.97 Å². The maximum absolute atomic E-state index is 11.2. The van der Waals surface area contributed by atoms with Crippen LogP contribution in [0, 0.1) is 11.3 Å². The monoisotopic (exact) mass is 221 g/mol. The van der Waals surface area contributed by atoms with E-state index >= 15 is 0 Å². The first kappa shape index (κ1) is 12.6. The number of carboxylic acid groups (broad SMARTS) is 1. The number of nitrogen functional groups attached to an aromatic ring is 1. The van der Waals surface area contributed by atoms with E-state index in [4.69, 9.17) is 5.73 Å². The number of rotatable bonds is 3. The number of aliphatic carboxylic acids is 1. The van der Waals surface area contributed by atoms with Gasteiger partial charge in [0.1, 0.15) is 0 Å². The van der Waals surface area contributed by atoms with Crippen molar-refractivity contribution in [1.29, 1.82) is 0 Å². The van der Waals surface area contributed by atoms with Gasteiger partial charge in [0.05, 0.1) is 5.92 Å². The highest BCUT2D eigenvalue weighted by atomic mass is 16.4. The Kier molecular flexibility index (Phi) is 3.58. The minimum absolute atomic E-state index is 0.254. The molecule has 0 aliphatic heterocycles. The van der Waals surface area contributed by atoms with Crippen molar-refractivity contribution in [2.24, 2.45) is 11.3 Å². The summed E-state index contributed by atoms with van der Waals surface area (Å²) in [5.74, 6) is -1.15. The standard InChI is InChI=1S/C13H19NO2/c1-13(2,3)11(12(15)16)8-9-5-4-6-10(14)7-9/h4-7,11H,8,14H2,1-3H3,(H,15,16). The van der Waals surface area contributed by atoms with Gasteiger partial charge in [-0.3, -0.25) is 4.79 Å². The Morgan fingerprint density at radius 1 is 1.44 bits per heavy atom. The van der Waals surface area contributed by atoms with Crippen LogP contribution in [0.2, 0.25) is 0 Å². The molecule has 0 aliphatic rings. The fourth-order valence-corrected chi connectivity index (χ4v) is 1.72. The molecule has 3 heteroatoms. The average Bonchev–Trinajstić information content (AvgIpc) is 2.12. The lowest BCUT2D eigenvalue weighted by Crippen LogP contribution is -2.30. The Bertz CT molecular complexity index is 380. The van der Waals surface area contributed by atoms with E-state index in [-0.39, 0.29) is 5.41 Å². The molecule has 88 valence electrons. The zero-order valence-corrected chi connectivity index (χ0v) is 10.0. The highest BCUT2D eigenvalue weighted by molar-refractivity contribution is 5.71. The van der Waals surface area contributed by atoms with Gasteiger partial charge in [0.15, 0.2) is 0 Å². The molecule has 0 aliphatic carbocycles. The van der Waals surface area contributed by atoms with E-state index < -0.39 is 11.9 Å². The Hall–Kier alpha value is -1.51. The quantitative estimate of drug-likeness (QED) is 0.771. The van der Waals surface area contributed by atoms with Crippen molar-refractivity contribution in [2.75, 3.05) is 5.73 Å². The first-order valence-corrected chi connectivity index (χ1v) is 5.38. The molecule has 0 amide bonds. The third kappa shape index (κ3) is 3.26. The molecule has 1 atom stereocenters. The van der Waals surface area contributed by atoms with Gasteiger partial charge in [0, 0.05) is 5.69 Å². The predicted octanol–water partition coefficient (Wildman–Crippen LogP) is 2.56. The summed E-state index contributed by atoms with van der Waals surface area (Å²) in [5, 5.41) is 9.21. The molecule has 1 rings (SSSR count). The molecule has 0 bridgehead atoms. The fourth-order valence-electron chi connectivity index (χ4n) is 1.72. The summed E-state index contributed by atoms with van der Waals surface area (Å²) in [6, 6.07) is 7.41. The molecule has 1 aromatic rings. The van der Waals surface area contributed by atoms with E-state index in [1.807, 2.05) is 39.0 Å². The van der Waals surface area contributed by atoms with E-state index in [1.165, 1.54) is 0 Å². The highest BCUT2D eigenvalue weighted by Crippen LogP contribution is 2.29. The van der Waals surface area contributed by atoms with Crippen molar-refractivity contribution in [3.8, 4) is 0 Å². The molecule has 0 saturated heterocycles. The predicted molar refractivity (Wildman–Crippen MR) is 65.1 cm³/mol. The minimum Gasteiger partial charge on any atom is -0.481 e. The van der Waals surface area contributed by atoms with Crippen LogP contribution in [0.25, 0.3) is 0 Å². The molecule has 3 N–H and O–H groups in total. The molecule has 0 fully saturated rings. The van der Waals surface area contributed by atoms with Gasteiger partial charge in [0.2, 0.25) is 0 Å². The Balaban J connectivity index is 2.89. The summed E-state index contributed by atoms with van der Waals surface area (Å²) in [5.41, 5.74) is 7.07. The zero-order valence-electron chi connectivity index (χ0n) is 10.0. The lowest BCUT2D eigenvalue weighted by Gasteiger charge is -2.27. The number of carboxylic acids is 1. The molecule has 16 heavy (non-hydrogen) atoms. The largest absolute Gasteiger partial charge is 0.481 e. The molecule has 0 saturated carbocycles. The summed E-state index contributed by atoms with van der Waals surface area (Å²) < 4.78 is 0. The van der Waals surface area contributed by atoms with E-state index in [1.54, 1.807) is 6.07 Å². The molecule has 1 unspecified atom stereocenters. The molecule has 0 spiro atoms. The second-order valence-corrected chi connectivity index (χ2v) is 5.21. The van der Waals surface area contributed by atoms with Gasteiger partial charge in [-0.25, -0.2) is 0 Å². The number of nitrogens with two attached hydrogens (primary N) is 1. The van der Waals surface area contributed by atoms with Crippen LogP contribution in [0.1, 0.15) is 26.3 Å². The van der Waals surface area contributed by atoms with Crippen LogP contribution in [0.15, 0.2) is 24.3 Å². The van der Waals surface area contributed by atoms with Crippen LogP contribution in [0.4, 0.5) is 5.69 Å². The van der Waals surface area contributed by atoms with Crippen LogP contribution < -0.4 is 5.73 Å². The lowest BCUT2D eigenvalue weighted by atomic mass is 9.77. The van der Waals surface area contributed by atoms with Gasteiger partial charge in [0.25, 0.3) is 0 Å². The zero-order chi connectivity index (χ0) is 12.3. The smallest absolute Gasteiger partial charge is 0.307 e. The van der Waals surface area contributed by atoms with Crippen molar-refractivity contribution < 1.29 is 9.90 Å². The number of benzene rings is 1. The molecule has 0 radical (unpaired) electrons. The summed E-state index contributed by atoms with van der Waals surface area (Å²) in [6.45, 7) is 5.83. The molecule has 0 heterocycles. The van der Waals surface area contributed by atoms with E-state index in [9.17, 15) is 9.90 Å². The van der Waals surface area contributed by atoms with Crippen molar-refractivity contribution >= 4 is 11.7 Å². The van der Waals surface area contributed by atoms with Gasteiger partial charge in [-0.05, 0) is 29.5 Å². The Labute approximate surface area is 96.3 Å². The molecule has 0 aromatic heterocycles. The molecule has 3 nitrogen and oxygen atoms in total. The third-order valence-corrected chi connectivity index (χ3v) is 2.73. The second kappa shape index (κ2) is 4.56. The van der Waals surface area contributed by atoms with Gasteiger partial charge in [-0.1, -0.05) is 32.9 Å². The SMILES string of the molecule is CC(C)(C)C(Cc1cccc(N)c1)C(=O)O. The molecular weight excluding hydrogens is 202 g/mol. The number of hydrogen-bond acceptors (Lipinski definition) is 2. The minimum atomic E-state index is -0.755. The number of carbonyl (C=O) groups is 1. The maximum atomic E-state index is 11.2. The summed E-state index contributed by atoms with van der Waals surface area (Å²) in [4.78, 5) is 11.2. The molecular formula is C13H19NO2. The van der Waals surface area contributed by atoms with Crippen LogP contribution in [0.3, 0.4) is 0 Å². The highest BCUT2D eigenvalue weighted by Gasteiger charge is 2.31. The van der Waals surface area contributed by atoms with Gasteiger partial charge < -0.3 is 10.8 Å². The summed E-state index contributed by atoms with van der Waals surface area (Å²) in [7, 11) is 0. The number of hydrogen-bond donors (Lipinski definition) is 2. The molecule has 1 aromatic carbocycles. The second-order valence-electron chi connectivity index (χ2n) is 5.21. The van der Waals surface area contributed by atoms with Crippen molar-refractivity contribution in [3.63, 3.8) is 0 Å². The van der Waals surface area contributed by atoms with Crippen molar-refractivity contribution in [2.45, 2.75) is 27.2 Å². The van der Waals surface area contributed by atoms with E-state index in [2.05, 4.69) is 0 Å². The maximum Gasteiger partial charge on any atom is 0.307 e. The average molecular weight is 221 g/mol. The summed E-state index contributed by atoms with van der Waals surface area (Å²) in [6.07, 6.45) is 0.518. The van der Waals surface area contributed by atoms with Crippen LogP contribution in [0.5, 0.6) is 0 Å². The fraction of sp³-hybridized carbons (Fsp3) is 0.462. The van der Waals surface area contributed by atoms with Crippen LogP contribution >= 0.6 is 0 Å². The van der Waals surface area contributed by atoms with E-state index in [0.29, 0.717) is 12.1 Å². The van der Waals surface area contributed by atoms with Crippen LogP contribution in [-0.4, -0.2) is 11.1 Å². The van der Waals surface area contributed by atoms with Crippen molar-refractivity contribution in [3.05, 3.63) is 29.8 Å². The summed E-state index contributed by atoms with van der Waals surface area (Å²) >= 11 is 0. The van der Waals surface area contributed by atoms with Gasteiger partial charge in [-0.15, -0.1) is 0 Å². The topological polar surface area (TPSA) is 63.3 Å². The first-order valence-electron chi connectivity index (χ1n) is 5.38. The normalized spacial score (nSPS) is 13.4. The van der Waals surface area contributed by atoms with Gasteiger partial charge in [-0.2, -0.15) is 0 Å². The van der Waals surface area contributed by atoms with Crippen LogP contribution in [-0.2, 0) is 11.2 Å². The van der Waals surface area contributed by atoms with Crippen molar-refractivity contribution in [1.82, 2.24) is 0 Å².